The van der Waals surface area contributed by atoms with Crippen molar-refractivity contribution < 1.29 is 14.0 Å². The molecule has 1 aliphatic rings. The molecule has 1 aromatic carbocycles. The summed E-state index contributed by atoms with van der Waals surface area (Å²) < 4.78 is 5.07. The molecule has 0 aliphatic carbocycles. The summed E-state index contributed by atoms with van der Waals surface area (Å²) in [6.45, 7) is 4.13. The number of piperazine rings is 1. The number of nitrogens with zero attached hydrogens (tertiary/aromatic N) is 2. The van der Waals surface area contributed by atoms with Crippen LogP contribution in [0.4, 0.5) is 5.69 Å². The first-order chi connectivity index (χ1) is 13.7. The standard InChI is InChI=1S/C21H21N3O3S/c25-20(19-2-1-12-27-19)22-18-5-3-17(4-6-18)21(26)24-10-8-23(9-11-24)14-16-7-13-28-15-16/h1-7,12-13,15H,8-11,14H2,(H,22,25). The average molecular weight is 395 g/mol. The Kier molecular flexibility index (Phi) is 5.55. The average Bonchev–Trinajstić information content (AvgIpc) is 3.43. The number of carbonyl (C=O) groups is 2. The highest BCUT2D eigenvalue weighted by Gasteiger charge is 2.22. The predicted molar refractivity (Wildman–Crippen MR) is 109 cm³/mol. The lowest BCUT2D eigenvalue weighted by molar-refractivity contribution is 0.0628. The molecule has 3 aromatic rings. The molecule has 6 nitrogen and oxygen atoms in total. The molecule has 1 fully saturated rings. The molecule has 4 rings (SSSR count). The topological polar surface area (TPSA) is 65.8 Å². The highest BCUT2D eigenvalue weighted by molar-refractivity contribution is 7.07. The SMILES string of the molecule is O=C(Nc1ccc(C(=O)N2CCN(Cc3ccsc3)CC2)cc1)c1ccco1. The number of hydrogen-bond acceptors (Lipinski definition) is 5. The molecule has 0 atom stereocenters. The summed E-state index contributed by atoms with van der Waals surface area (Å²) in [4.78, 5) is 29.0. The van der Waals surface area contributed by atoms with E-state index in [-0.39, 0.29) is 17.6 Å². The Bertz CT molecular complexity index is 912. The molecule has 28 heavy (non-hydrogen) atoms. The van der Waals surface area contributed by atoms with Gasteiger partial charge in [-0.15, -0.1) is 0 Å². The first-order valence-corrected chi connectivity index (χ1v) is 10.1. The van der Waals surface area contributed by atoms with E-state index in [2.05, 4.69) is 27.0 Å². The molecule has 144 valence electrons. The van der Waals surface area contributed by atoms with E-state index in [9.17, 15) is 9.59 Å². The lowest BCUT2D eigenvalue weighted by Crippen LogP contribution is -2.48. The van der Waals surface area contributed by atoms with Crippen LogP contribution in [0.3, 0.4) is 0 Å². The zero-order chi connectivity index (χ0) is 19.3. The number of thiophene rings is 1. The third-order valence-electron chi connectivity index (χ3n) is 4.78. The predicted octanol–water partition coefficient (Wildman–Crippen LogP) is 3.55. The van der Waals surface area contributed by atoms with Gasteiger partial charge in [-0.1, -0.05) is 0 Å². The second-order valence-electron chi connectivity index (χ2n) is 6.71. The van der Waals surface area contributed by atoms with Gasteiger partial charge in [0.05, 0.1) is 6.26 Å². The van der Waals surface area contributed by atoms with Crippen LogP contribution in [0, 0.1) is 0 Å². The zero-order valence-electron chi connectivity index (χ0n) is 15.3. The van der Waals surface area contributed by atoms with Gasteiger partial charge in [0.1, 0.15) is 0 Å². The Hall–Kier alpha value is -2.90. The minimum atomic E-state index is -0.314. The number of amides is 2. The Morgan fingerprint density at radius 2 is 1.82 bits per heavy atom. The van der Waals surface area contributed by atoms with E-state index >= 15 is 0 Å². The van der Waals surface area contributed by atoms with Crippen molar-refractivity contribution >= 4 is 28.8 Å². The van der Waals surface area contributed by atoms with Crippen LogP contribution in [-0.4, -0.2) is 47.8 Å². The van der Waals surface area contributed by atoms with Crippen molar-refractivity contribution in [2.45, 2.75) is 6.54 Å². The number of rotatable bonds is 5. The highest BCUT2D eigenvalue weighted by atomic mass is 32.1. The number of hydrogen-bond donors (Lipinski definition) is 1. The molecule has 0 unspecified atom stereocenters. The van der Waals surface area contributed by atoms with E-state index in [1.807, 2.05) is 4.90 Å². The molecule has 0 bridgehead atoms. The molecular formula is C21H21N3O3S. The first-order valence-electron chi connectivity index (χ1n) is 9.17. The molecule has 2 aromatic heterocycles. The van der Waals surface area contributed by atoms with Gasteiger partial charge in [-0.25, -0.2) is 0 Å². The van der Waals surface area contributed by atoms with Crippen molar-refractivity contribution in [2.75, 3.05) is 31.5 Å². The quantitative estimate of drug-likeness (QED) is 0.718. The summed E-state index contributed by atoms with van der Waals surface area (Å²) in [6.07, 6.45) is 1.46. The van der Waals surface area contributed by atoms with Crippen LogP contribution in [0.15, 0.2) is 63.9 Å². The first kappa shape index (κ1) is 18.5. The van der Waals surface area contributed by atoms with Crippen LogP contribution in [0.5, 0.6) is 0 Å². The molecule has 0 spiro atoms. The van der Waals surface area contributed by atoms with E-state index in [1.54, 1.807) is 47.7 Å². The number of anilines is 1. The summed E-state index contributed by atoms with van der Waals surface area (Å²) in [5.74, 6) is -0.0367. The van der Waals surface area contributed by atoms with Crippen LogP contribution in [0.2, 0.25) is 0 Å². The van der Waals surface area contributed by atoms with Crippen LogP contribution in [0.1, 0.15) is 26.5 Å². The van der Waals surface area contributed by atoms with Crippen LogP contribution < -0.4 is 5.32 Å². The fourth-order valence-electron chi connectivity index (χ4n) is 3.23. The highest BCUT2D eigenvalue weighted by Crippen LogP contribution is 2.16. The third kappa shape index (κ3) is 4.32. The fraction of sp³-hybridized carbons (Fsp3) is 0.238. The van der Waals surface area contributed by atoms with Crippen molar-refractivity contribution in [3.8, 4) is 0 Å². The second-order valence-corrected chi connectivity index (χ2v) is 7.49. The lowest BCUT2D eigenvalue weighted by atomic mass is 10.1. The molecule has 1 N–H and O–H groups in total. The van der Waals surface area contributed by atoms with E-state index < -0.39 is 0 Å². The number of nitrogens with one attached hydrogen (secondary N) is 1. The van der Waals surface area contributed by atoms with Gasteiger partial charge >= 0.3 is 0 Å². The van der Waals surface area contributed by atoms with Crippen molar-refractivity contribution in [2.24, 2.45) is 0 Å². The Morgan fingerprint density at radius 1 is 1.04 bits per heavy atom. The Labute approximate surface area is 167 Å². The van der Waals surface area contributed by atoms with Gasteiger partial charge < -0.3 is 14.6 Å². The number of benzene rings is 1. The van der Waals surface area contributed by atoms with Gasteiger partial charge in [-0.3, -0.25) is 14.5 Å². The molecule has 7 heteroatoms. The van der Waals surface area contributed by atoms with Crippen molar-refractivity contribution in [3.05, 3.63) is 76.4 Å². The summed E-state index contributed by atoms with van der Waals surface area (Å²) >= 11 is 1.71. The molecular weight excluding hydrogens is 374 g/mol. The summed E-state index contributed by atoms with van der Waals surface area (Å²) in [6, 6.07) is 12.4. The van der Waals surface area contributed by atoms with E-state index in [4.69, 9.17) is 4.42 Å². The number of furan rings is 1. The summed E-state index contributed by atoms with van der Waals surface area (Å²) in [5.41, 5.74) is 2.58. The maximum absolute atomic E-state index is 12.8. The van der Waals surface area contributed by atoms with Gasteiger partial charge in [-0.05, 0) is 58.8 Å². The van der Waals surface area contributed by atoms with Crippen molar-refractivity contribution in [1.29, 1.82) is 0 Å². The number of carbonyl (C=O) groups excluding carboxylic acids is 2. The zero-order valence-corrected chi connectivity index (χ0v) is 16.2. The molecule has 1 saturated heterocycles. The molecule has 1 aliphatic heterocycles. The van der Waals surface area contributed by atoms with E-state index in [0.717, 1.165) is 32.7 Å². The minimum absolute atomic E-state index is 0.0269. The van der Waals surface area contributed by atoms with Gasteiger partial charge in [0.15, 0.2) is 5.76 Å². The largest absolute Gasteiger partial charge is 0.459 e. The smallest absolute Gasteiger partial charge is 0.291 e. The second kappa shape index (κ2) is 8.41. The third-order valence-corrected chi connectivity index (χ3v) is 5.51. The Balaban J connectivity index is 1.30. The van der Waals surface area contributed by atoms with Crippen molar-refractivity contribution in [1.82, 2.24) is 9.80 Å². The maximum atomic E-state index is 12.8. The molecule has 0 saturated carbocycles. The van der Waals surface area contributed by atoms with E-state index in [1.165, 1.54) is 11.8 Å². The minimum Gasteiger partial charge on any atom is -0.459 e. The maximum Gasteiger partial charge on any atom is 0.291 e. The molecule has 2 amide bonds. The van der Waals surface area contributed by atoms with E-state index in [0.29, 0.717) is 11.3 Å². The normalized spacial score (nSPS) is 14.8. The van der Waals surface area contributed by atoms with Crippen LogP contribution >= 0.6 is 11.3 Å². The monoisotopic (exact) mass is 395 g/mol. The summed E-state index contributed by atoms with van der Waals surface area (Å²) in [5, 5.41) is 7.02. The van der Waals surface area contributed by atoms with Gasteiger partial charge in [0.25, 0.3) is 11.8 Å². The lowest BCUT2D eigenvalue weighted by Gasteiger charge is -2.34. The van der Waals surface area contributed by atoms with Gasteiger partial charge in [-0.2, -0.15) is 11.3 Å². The molecule has 0 radical (unpaired) electrons. The van der Waals surface area contributed by atoms with Crippen LogP contribution in [-0.2, 0) is 6.54 Å². The van der Waals surface area contributed by atoms with Gasteiger partial charge in [0.2, 0.25) is 0 Å². The summed E-state index contributed by atoms with van der Waals surface area (Å²) in [7, 11) is 0. The Morgan fingerprint density at radius 3 is 2.46 bits per heavy atom. The fourth-order valence-corrected chi connectivity index (χ4v) is 3.89. The van der Waals surface area contributed by atoms with Crippen molar-refractivity contribution in [3.63, 3.8) is 0 Å². The molecule has 3 heterocycles. The van der Waals surface area contributed by atoms with Crippen LogP contribution in [0.25, 0.3) is 0 Å². The van der Waals surface area contributed by atoms with Gasteiger partial charge in [0, 0.05) is 44.0 Å².